The van der Waals surface area contributed by atoms with Gasteiger partial charge in [-0.2, -0.15) is 5.10 Å². The average molecular weight is 231 g/mol. The lowest BCUT2D eigenvalue weighted by Crippen LogP contribution is -2.12. The molecule has 2 aromatic rings. The molecule has 0 saturated carbocycles. The van der Waals surface area contributed by atoms with Gasteiger partial charge in [0.2, 0.25) is 5.88 Å². The lowest BCUT2D eigenvalue weighted by Gasteiger charge is -2.00. The Kier molecular flexibility index (Phi) is 3.09. The third kappa shape index (κ3) is 2.44. The first-order valence-electron chi connectivity index (χ1n) is 5.15. The van der Waals surface area contributed by atoms with E-state index in [1.54, 1.807) is 37.0 Å². The van der Waals surface area contributed by atoms with E-state index in [1.807, 2.05) is 18.2 Å². The van der Waals surface area contributed by atoms with E-state index in [2.05, 4.69) is 10.4 Å². The summed E-state index contributed by atoms with van der Waals surface area (Å²) in [6, 6.07) is 10.6. The Labute approximate surface area is 99.0 Å². The SMILES string of the molecule is COc1cc(NC(=O)c2ccccc2)nn1C. The molecule has 0 unspecified atom stereocenters. The average Bonchev–Trinajstić information content (AvgIpc) is 2.70. The number of carbonyl (C=O) groups is 1. The van der Waals surface area contributed by atoms with Crippen LogP contribution in [0.2, 0.25) is 0 Å². The maximum atomic E-state index is 11.8. The second-order valence-electron chi connectivity index (χ2n) is 3.52. The van der Waals surface area contributed by atoms with Crippen molar-refractivity contribution in [2.24, 2.45) is 7.05 Å². The zero-order valence-corrected chi connectivity index (χ0v) is 9.68. The summed E-state index contributed by atoms with van der Waals surface area (Å²) >= 11 is 0. The largest absolute Gasteiger partial charge is 0.481 e. The maximum absolute atomic E-state index is 11.8. The molecule has 0 atom stereocenters. The fourth-order valence-electron chi connectivity index (χ4n) is 1.48. The Bertz CT molecular complexity index is 520. The molecule has 0 radical (unpaired) electrons. The van der Waals surface area contributed by atoms with Gasteiger partial charge in [0.15, 0.2) is 5.82 Å². The number of ether oxygens (including phenoxy) is 1. The van der Waals surface area contributed by atoms with E-state index < -0.39 is 0 Å². The monoisotopic (exact) mass is 231 g/mol. The predicted octanol–water partition coefficient (Wildman–Crippen LogP) is 1.68. The molecule has 0 aliphatic heterocycles. The Hall–Kier alpha value is -2.30. The van der Waals surface area contributed by atoms with Crippen molar-refractivity contribution < 1.29 is 9.53 Å². The van der Waals surface area contributed by atoms with E-state index in [9.17, 15) is 4.79 Å². The summed E-state index contributed by atoms with van der Waals surface area (Å²) in [5.41, 5.74) is 0.595. The van der Waals surface area contributed by atoms with E-state index in [0.29, 0.717) is 17.3 Å². The Balaban J connectivity index is 2.13. The number of nitrogens with one attached hydrogen (secondary N) is 1. The van der Waals surface area contributed by atoms with Crippen LogP contribution in [0.4, 0.5) is 5.82 Å². The lowest BCUT2D eigenvalue weighted by molar-refractivity contribution is 0.102. The van der Waals surface area contributed by atoms with Gasteiger partial charge < -0.3 is 10.1 Å². The van der Waals surface area contributed by atoms with Crippen molar-refractivity contribution in [3.63, 3.8) is 0 Å². The highest BCUT2D eigenvalue weighted by molar-refractivity contribution is 6.03. The van der Waals surface area contributed by atoms with Crippen LogP contribution in [-0.4, -0.2) is 22.8 Å². The van der Waals surface area contributed by atoms with Crippen LogP contribution in [0, 0.1) is 0 Å². The molecule has 2 rings (SSSR count). The molecule has 0 saturated heterocycles. The number of nitrogens with zero attached hydrogens (tertiary/aromatic N) is 2. The van der Waals surface area contributed by atoms with Crippen molar-refractivity contribution in [2.45, 2.75) is 0 Å². The van der Waals surface area contributed by atoms with E-state index >= 15 is 0 Å². The molecular formula is C12H13N3O2. The minimum atomic E-state index is -0.189. The van der Waals surface area contributed by atoms with Gasteiger partial charge in [0.1, 0.15) is 0 Å². The van der Waals surface area contributed by atoms with Crippen LogP contribution in [0.15, 0.2) is 36.4 Å². The molecule has 88 valence electrons. The van der Waals surface area contributed by atoms with E-state index in [4.69, 9.17) is 4.74 Å². The van der Waals surface area contributed by atoms with E-state index in [1.165, 1.54) is 0 Å². The Morgan fingerprint density at radius 3 is 2.65 bits per heavy atom. The minimum Gasteiger partial charge on any atom is -0.481 e. The number of hydrogen-bond acceptors (Lipinski definition) is 3. The lowest BCUT2D eigenvalue weighted by atomic mass is 10.2. The van der Waals surface area contributed by atoms with Crippen LogP contribution >= 0.6 is 0 Å². The van der Waals surface area contributed by atoms with Crippen molar-refractivity contribution in [2.75, 3.05) is 12.4 Å². The Morgan fingerprint density at radius 1 is 1.35 bits per heavy atom. The van der Waals surface area contributed by atoms with E-state index in [0.717, 1.165) is 0 Å². The number of rotatable bonds is 3. The maximum Gasteiger partial charge on any atom is 0.256 e. The van der Waals surface area contributed by atoms with Gasteiger partial charge >= 0.3 is 0 Å². The smallest absolute Gasteiger partial charge is 0.256 e. The van der Waals surface area contributed by atoms with Crippen LogP contribution in [-0.2, 0) is 7.05 Å². The minimum absolute atomic E-state index is 0.189. The van der Waals surface area contributed by atoms with Gasteiger partial charge in [-0.3, -0.25) is 4.79 Å². The third-order valence-electron chi connectivity index (χ3n) is 2.32. The van der Waals surface area contributed by atoms with Crippen molar-refractivity contribution >= 4 is 11.7 Å². The van der Waals surface area contributed by atoms with Crippen LogP contribution in [0.5, 0.6) is 5.88 Å². The summed E-state index contributed by atoms with van der Waals surface area (Å²) in [6.45, 7) is 0. The van der Waals surface area contributed by atoms with Gasteiger partial charge in [0, 0.05) is 18.7 Å². The summed E-state index contributed by atoms with van der Waals surface area (Å²) in [4.78, 5) is 11.8. The molecule has 1 heterocycles. The van der Waals surface area contributed by atoms with Crippen molar-refractivity contribution in [3.05, 3.63) is 42.0 Å². The first-order chi connectivity index (χ1) is 8.20. The number of benzene rings is 1. The van der Waals surface area contributed by atoms with Crippen LogP contribution in [0.25, 0.3) is 0 Å². The molecule has 5 nitrogen and oxygen atoms in total. The highest BCUT2D eigenvalue weighted by Gasteiger charge is 2.09. The highest BCUT2D eigenvalue weighted by atomic mass is 16.5. The molecule has 0 spiro atoms. The summed E-state index contributed by atoms with van der Waals surface area (Å²) in [5, 5.41) is 6.81. The fourth-order valence-corrected chi connectivity index (χ4v) is 1.48. The normalized spacial score (nSPS) is 10.0. The van der Waals surface area contributed by atoms with Crippen LogP contribution < -0.4 is 10.1 Å². The summed E-state index contributed by atoms with van der Waals surface area (Å²) < 4.78 is 6.62. The number of aromatic nitrogens is 2. The van der Waals surface area contributed by atoms with Gasteiger partial charge in [-0.1, -0.05) is 18.2 Å². The zero-order chi connectivity index (χ0) is 12.3. The summed E-state index contributed by atoms with van der Waals surface area (Å²) in [7, 11) is 3.30. The Morgan fingerprint density at radius 2 is 2.06 bits per heavy atom. The topological polar surface area (TPSA) is 56.1 Å². The molecule has 0 aliphatic carbocycles. The summed E-state index contributed by atoms with van der Waals surface area (Å²) in [5.74, 6) is 0.873. The molecule has 0 fully saturated rings. The van der Waals surface area contributed by atoms with E-state index in [-0.39, 0.29) is 5.91 Å². The molecular weight excluding hydrogens is 218 g/mol. The molecule has 1 aromatic carbocycles. The van der Waals surface area contributed by atoms with Crippen LogP contribution in [0.3, 0.4) is 0 Å². The van der Waals surface area contributed by atoms with Gasteiger partial charge in [-0.15, -0.1) is 0 Å². The molecule has 0 aliphatic rings. The highest BCUT2D eigenvalue weighted by Crippen LogP contribution is 2.15. The number of carbonyl (C=O) groups excluding carboxylic acids is 1. The van der Waals surface area contributed by atoms with Crippen molar-refractivity contribution in [1.29, 1.82) is 0 Å². The number of hydrogen-bond donors (Lipinski definition) is 1. The molecule has 5 heteroatoms. The standard InChI is InChI=1S/C12H13N3O2/c1-15-11(17-2)8-10(14-15)13-12(16)9-6-4-3-5-7-9/h3-8H,1-2H3,(H,13,14,16). The number of anilines is 1. The van der Waals surface area contributed by atoms with Crippen molar-refractivity contribution in [1.82, 2.24) is 9.78 Å². The summed E-state index contributed by atoms with van der Waals surface area (Å²) in [6.07, 6.45) is 0. The quantitative estimate of drug-likeness (QED) is 0.874. The van der Waals surface area contributed by atoms with Gasteiger partial charge in [0.25, 0.3) is 5.91 Å². The van der Waals surface area contributed by atoms with Gasteiger partial charge in [0.05, 0.1) is 7.11 Å². The molecule has 1 aromatic heterocycles. The second kappa shape index (κ2) is 4.69. The third-order valence-corrected chi connectivity index (χ3v) is 2.32. The molecule has 1 N–H and O–H groups in total. The second-order valence-corrected chi connectivity index (χ2v) is 3.52. The van der Waals surface area contributed by atoms with Crippen molar-refractivity contribution in [3.8, 4) is 5.88 Å². The van der Waals surface area contributed by atoms with Crippen LogP contribution in [0.1, 0.15) is 10.4 Å². The van der Waals surface area contributed by atoms with Gasteiger partial charge in [-0.25, -0.2) is 4.68 Å². The number of amides is 1. The first kappa shape index (κ1) is 11.2. The first-order valence-corrected chi connectivity index (χ1v) is 5.15. The van der Waals surface area contributed by atoms with Gasteiger partial charge in [-0.05, 0) is 12.1 Å². The molecule has 17 heavy (non-hydrogen) atoms. The molecule has 1 amide bonds. The predicted molar refractivity (Wildman–Crippen MR) is 64.2 cm³/mol. The molecule has 0 bridgehead atoms. The number of aryl methyl sites for hydroxylation is 1. The number of methoxy groups -OCH3 is 1. The fraction of sp³-hybridized carbons (Fsp3) is 0.167. The zero-order valence-electron chi connectivity index (χ0n) is 9.68.